The number of imide groups is 1. The predicted molar refractivity (Wildman–Crippen MR) is 133 cm³/mol. The summed E-state index contributed by atoms with van der Waals surface area (Å²) in [5, 5.41) is 4.69. The molecule has 1 aromatic carbocycles. The fourth-order valence-electron chi connectivity index (χ4n) is 4.97. The highest BCUT2D eigenvalue weighted by Gasteiger charge is 2.58. The molecule has 6 nitrogen and oxygen atoms in total. The summed E-state index contributed by atoms with van der Waals surface area (Å²) in [5.41, 5.74) is 5.18. The van der Waals surface area contributed by atoms with E-state index >= 15 is 0 Å². The molecule has 33 heavy (non-hydrogen) atoms. The number of halogens is 1. The molecule has 3 atom stereocenters. The average Bonchev–Trinajstić information content (AvgIpc) is 3.44. The van der Waals surface area contributed by atoms with E-state index in [0.717, 1.165) is 58.0 Å². The molecule has 0 bridgehead atoms. The molecule has 6 rings (SSSR count). The molecule has 170 valence electrons. The second-order valence-corrected chi connectivity index (χ2v) is 12.0. The Balaban J connectivity index is 1.38. The minimum Gasteiger partial charge on any atom is -0.315 e. The second-order valence-electron chi connectivity index (χ2n) is 9.01. The number of hydrogen-bond donors (Lipinski definition) is 1. The van der Waals surface area contributed by atoms with Crippen LogP contribution in [0.2, 0.25) is 5.02 Å². The van der Waals surface area contributed by atoms with Crippen LogP contribution in [0.5, 0.6) is 0 Å². The normalized spacial score (nSPS) is 24.5. The summed E-state index contributed by atoms with van der Waals surface area (Å²) < 4.78 is 0.967. The Bertz CT molecular complexity index is 1270. The Morgan fingerprint density at radius 2 is 2.00 bits per heavy atom. The number of rotatable bonds is 5. The molecule has 3 aromatic rings. The molecule has 3 fully saturated rings. The summed E-state index contributed by atoms with van der Waals surface area (Å²) >= 11 is 10.1. The summed E-state index contributed by atoms with van der Waals surface area (Å²) in [4.78, 5) is 36.4. The van der Waals surface area contributed by atoms with Gasteiger partial charge in [0.1, 0.15) is 6.33 Å². The van der Waals surface area contributed by atoms with Gasteiger partial charge < -0.3 is 5.32 Å². The lowest BCUT2D eigenvalue weighted by atomic mass is 9.95. The van der Waals surface area contributed by atoms with E-state index in [1.807, 2.05) is 30.0 Å². The lowest BCUT2D eigenvalue weighted by Crippen LogP contribution is -2.34. The highest BCUT2D eigenvalue weighted by Crippen LogP contribution is 2.48. The predicted octanol–water partition coefficient (Wildman–Crippen LogP) is 4.07. The van der Waals surface area contributed by atoms with Gasteiger partial charge in [-0.25, -0.2) is 9.97 Å². The number of nitrogens with zero attached hydrogens (tertiary/aromatic N) is 3. The molecule has 3 aliphatic rings. The molecule has 2 saturated heterocycles. The highest BCUT2D eigenvalue weighted by atomic mass is 35.5. The maximum absolute atomic E-state index is 12.4. The van der Waals surface area contributed by atoms with Crippen molar-refractivity contribution in [2.24, 2.45) is 11.8 Å². The Morgan fingerprint density at radius 3 is 2.76 bits per heavy atom. The third-order valence-corrected chi connectivity index (χ3v) is 9.34. The van der Waals surface area contributed by atoms with Gasteiger partial charge in [0.05, 0.1) is 34.3 Å². The number of aryl methyl sites for hydroxylation is 1. The van der Waals surface area contributed by atoms with Gasteiger partial charge in [-0.15, -0.1) is 11.3 Å². The maximum Gasteiger partial charge on any atom is 0.233 e. The van der Waals surface area contributed by atoms with Gasteiger partial charge in [0.25, 0.3) is 0 Å². The van der Waals surface area contributed by atoms with E-state index in [4.69, 9.17) is 11.6 Å². The number of carbonyl (C=O) groups is 2. The van der Waals surface area contributed by atoms with Crippen LogP contribution in [0.3, 0.4) is 0 Å². The monoisotopic (exact) mass is 498 g/mol. The quantitative estimate of drug-likeness (QED) is 0.534. The van der Waals surface area contributed by atoms with Crippen LogP contribution in [0, 0.1) is 18.8 Å². The van der Waals surface area contributed by atoms with Gasteiger partial charge in [-0.1, -0.05) is 11.6 Å². The van der Waals surface area contributed by atoms with Gasteiger partial charge >= 0.3 is 0 Å². The molecule has 3 unspecified atom stereocenters. The van der Waals surface area contributed by atoms with Crippen molar-refractivity contribution in [1.82, 2.24) is 20.2 Å². The van der Waals surface area contributed by atoms with E-state index < -0.39 is 0 Å². The first-order valence-electron chi connectivity index (χ1n) is 11.2. The number of benzene rings is 1. The lowest BCUT2D eigenvalue weighted by molar-refractivity contribution is -0.141. The summed E-state index contributed by atoms with van der Waals surface area (Å²) in [6, 6.07) is 6.01. The third kappa shape index (κ3) is 3.87. The highest BCUT2D eigenvalue weighted by molar-refractivity contribution is 8.00. The molecule has 1 N–H and O–H groups in total. The van der Waals surface area contributed by atoms with E-state index in [-0.39, 0.29) is 23.7 Å². The van der Waals surface area contributed by atoms with Gasteiger partial charge in [-0.3, -0.25) is 14.5 Å². The standard InChI is InChI=1S/C24H23ClN4O2S2/c1-12-4-13(25)5-17(16(12)6-14-9-26-2-3-32-14)21-22-20(27-11-28-21)7-15(33-22)10-29-23(30)18-8-19(18)24(29)31/h4-5,7,11,14,18-19,26H,2-3,6,8-10H2,1H3. The number of fused-ring (bicyclic) bond motifs is 2. The smallest absolute Gasteiger partial charge is 0.233 e. The minimum atomic E-state index is -0.0774. The Hall–Kier alpha value is -2.00. The number of likely N-dealkylation sites (tertiary alicyclic amines) is 1. The average molecular weight is 499 g/mol. The first-order chi connectivity index (χ1) is 16.0. The van der Waals surface area contributed by atoms with E-state index in [2.05, 4.69) is 22.2 Å². The van der Waals surface area contributed by atoms with Crippen molar-refractivity contribution in [3.63, 3.8) is 0 Å². The van der Waals surface area contributed by atoms with Crippen LogP contribution in [-0.2, 0) is 22.6 Å². The van der Waals surface area contributed by atoms with E-state index in [1.165, 1.54) is 16.0 Å². The minimum absolute atomic E-state index is 0.0277. The van der Waals surface area contributed by atoms with Crippen LogP contribution in [-0.4, -0.2) is 50.8 Å². The van der Waals surface area contributed by atoms with E-state index in [1.54, 1.807) is 17.7 Å². The number of thioether (sulfide) groups is 1. The van der Waals surface area contributed by atoms with Gasteiger partial charge in [-0.05, 0) is 49.1 Å². The Kier molecular flexibility index (Phi) is 5.44. The zero-order valence-electron chi connectivity index (χ0n) is 18.1. The van der Waals surface area contributed by atoms with Gasteiger partial charge in [-0.2, -0.15) is 11.8 Å². The molecule has 0 spiro atoms. The molecule has 1 aliphatic carbocycles. The fraction of sp³-hybridized carbons (Fsp3) is 0.417. The topological polar surface area (TPSA) is 75.2 Å². The molecule has 2 amide bonds. The number of hydrogen-bond acceptors (Lipinski definition) is 7. The maximum atomic E-state index is 12.4. The SMILES string of the molecule is Cc1cc(Cl)cc(-c2ncnc3cc(CN4C(=O)C5CC5C4=O)sc23)c1CC1CNCCS1. The zero-order chi connectivity index (χ0) is 22.7. The van der Waals surface area contributed by atoms with Crippen LogP contribution in [0.25, 0.3) is 21.5 Å². The molecule has 2 aromatic heterocycles. The van der Waals surface area contributed by atoms with Crippen molar-refractivity contribution in [2.45, 2.75) is 31.6 Å². The van der Waals surface area contributed by atoms with Crippen molar-refractivity contribution < 1.29 is 9.59 Å². The number of amides is 2. The van der Waals surface area contributed by atoms with Crippen molar-refractivity contribution in [2.75, 3.05) is 18.8 Å². The van der Waals surface area contributed by atoms with Gasteiger partial charge in [0.15, 0.2) is 0 Å². The molecule has 1 saturated carbocycles. The molecule has 0 radical (unpaired) electrons. The number of carbonyl (C=O) groups excluding carboxylic acids is 2. The zero-order valence-corrected chi connectivity index (χ0v) is 20.5. The Labute approximate surface area is 205 Å². The first-order valence-corrected chi connectivity index (χ1v) is 13.4. The molecule has 9 heteroatoms. The van der Waals surface area contributed by atoms with Crippen LogP contribution >= 0.6 is 34.7 Å². The molecule has 2 aliphatic heterocycles. The first kappa shape index (κ1) is 21.5. The second kappa shape index (κ2) is 8.34. The summed E-state index contributed by atoms with van der Waals surface area (Å²) in [5.74, 6) is 0.909. The largest absolute Gasteiger partial charge is 0.315 e. The van der Waals surface area contributed by atoms with E-state index in [0.29, 0.717) is 16.8 Å². The van der Waals surface area contributed by atoms with E-state index in [9.17, 15) is 9.59 Å². The van der Waals surface area contributed by atoms with Crippen molar-refractivity contribution >= 4 is 56.7 Å². The molecular weight excluding hydrogens is 476 g/mol. The fourth-order valence-corrected chi connectivity index (χ4v) is 7.46. The van der Waals surface area contributed by atoms with Gasteiger partial charge in [0.2, 0.25) is 11.8 Å². The number of thiophene rings is 1. The van der Waals surface area contributed by atoms with Crippen LogP contribution in [0.15, 0.2) is 24.5 Å². The van der Waals surface area contributed by atoms with Crippen molar-refractivity contribution in [3.05, 3.63) is 45.6 Å². The van der Waals surface area contributed by atoms with Crippen LogP contribution in [0.1, 0.15) is 22.4 Å². The van der Waals surface area contributed by atoms with Crippen molar-refractivity contribution in [1.29, 1.82) is 0 Å². The number of nitrogens with one attached hydrogen (secondary N) is 1. The van der Waals surface area contributed by atoms with Gasteiger partial charge in [0, 0.05) is 39.6 Å². The number of piperidine rings is 1. The molecular formula is C24H23ClN4O2S2. The van der Waals surface area contributed by atoms with Crippen molar-refractivity contribution in [3.8, 4) is 11.3 Å². The third-order valence-electron chi connectivity index (χ3n) is 6.76. The summed E-state index contributed by atoms with van der Waals surface area (Å²) in [6.45, 7) is 4.48. The molecule has 4 heterocycles. The Morgan fingerprint density at radius 1 is 1.18 bits per heavy atom. The summed E-state index contributed by atoms with van der Waals surface area (Å²) in [6.07, 6.45) is 3.26. The summed E-state index contributed by atoms with van der Waals surface area (Å²) in [7, 11) is 0. The van der Waals surface area contributed by atoms with Crippen LogP contribution in [0.4, 0.5) is 0 Å². The van der Waals surface area contributed by atoms with Crippen LogP contribution < -0.4 is 5.32 Å². The lowest BCUT2D eigenvalue weighted by Gasteiger charge is -2.24. The number of aromatic nitrogens is 2.